The fourth-order valence-electron chi connectivity index (χ4n) is 3.05. The summed E-state index contributed by atoms with van der Waals surface area (Å²) in [5, 5.41) is 12.8. The number of nitrogens with zero attached hydrogens (tertiary/aromatic N) is 3. The molecule has 2 heterocycles. The molecule has 1 aliphatic heterocycles. The predicted molar refractivity (Wildman–Crippen MR) is 84.2 cm³/mol. The Hall–Kier alpha value is -2.38. The number of rotatable bonds is 5. The van der Waals surface area contributed by atoms with Crippen LogP contribution in [0.15, 0.2) is 10.6 Å². The molecule has 1 saturated heterocycles. The number of amides is 2. The van der Waals surface area contributed by atoms with E-state index in [1.54, 1.807) is 17.9 Å². The highest BCUT2D eigenvalue weighted by Gasteiger charge is 2.27. The van der Waals surface area contributed by atoms with E-state index >= 15 is 0 Å². The monoisotopic (exact) mass is 337 g/mol. The third-order valence-corrected chi connectivity index (χ3v) is 4.21. The van der Waals surface area contributed by atoms with Gasteiger partial charge in [-0.15, -0.1) is 0 Å². The van der Waals surface area contributed by atoms with Gasteiger partial charge in [0.2, 0.25) is 11.8 Å². The van der Waals surface area contributed by atoms with Crippen molar-refractivity contribution in [2.24, 2.45) is 0 Å². The second-order valence-corrected chi connectivity index (χ2v) is 6.11. The molecule has 1 aliphatic rings. The molecule has 0 aromatic carbocycles. The van der Waals surface area contributed by atoms with E-state index in [0.29, 0.717) is 37.4 Å². The quantitative estimate of drug-likeness (QED) is 0.854. The minimum atomic E-state index is -1.02. The van der Waals surface area contributed by atoms with E-state index in [1.165, 1.54) is 11.8 Å². The lowest BCUT2D eigenvalue weighted by molar-refractivity contribution is -0.145. The molecule has 1 aromatic rings. The van der Waals surface area contributed by atoms with Gasteiger partial charge in [-0.2, -0.15) is 0 Å². The summed E-state index contributed by atoms with van der Waals surface area (Å²) in [4.78, 5) is 38.2. The van der Waals surface area contributed by atoms with Crippen LogP contribution in [-0.2, 0) is 20.8 Å². The fourth-order valence-corrected chi connectivity index (χ4v) is 3.05. The van der Waals surface area contributed by atoms with E-state index in [-0.39, 0.29) is 30.8 Å². The summed E-state index contributed by atoms with van der Waals surface area (Å²) in [6, 6.07) is 1.59. The minimum absolute atomic E-state index is 0.0310. The van der Waals surface area contributed by atoms with Gasteiger partial charge < -0.3 is 19.4 Å². The van der Waals surface area contributed by atoms with Crippen molar-refractivity contribution in [3.8, 4) is 0 Å². The summed E-state index contributed by atoms with van der Waals surface area (Å²) in [6.07, 6.45) is 2.20. The topological polar surface area (TPSA) is 104 Å². The molecule has 1 unspecified atom stereocenters. The molecule has 1 atom stereocenters. The number of hydrogen-bond acceptors (Lipinski definition) is 5. The maximum Gasteiger partial charge on any atom is 0.323 e. The van der Waals surface area contributed by atoms with E-state index in [4.69, 9.17) is 9.63 Å². The average Bonchev–Trinajstić information content (AvgIpc) is 2.76. The lowest BCUT2D eigenvalue weighted by Gasteiger charge is -2.28. The van der Waals surface area contributed by atoms with Gasteiger partial charge in [0.05, 0.1) is 12.1 Å². The highest BCUT2D eigenvalue weighted by molar-refractivity contribution is 5.80. The normalized spacial score (nSPS) is 18.1. The lowest BCUT2D eigenvalue weighted by atomic mass is 10.1. The highest BCUT2D eigenvalue weighted by Crippen LogP contribution is 2.18. The second-order valence-electron chi connectivity index (χ2n) is 6.11. The lowest BCUT2D eigenvalue weighted by Crippen LogP contribution is -2.43. The molecule has 0 aliphatic carbocycles. The molecular formula is C16H23N3O5. The third kappa shape index (κ3) is 4.81. The molecule has 0 saturated carbocycles. The molecule has 1 N–H and O–H groups in total. The van der Waals surface area contributed by atoms with Gasteiger partial charge in [-0.1, -0.05) is 5.16 Å². The third-order valence-electron chi connectivity index (χ3n) is 4.21. The average molecular weight is 337 g/mol. The maximum atomic E-state index is 12.4. The number of carboxylic acid groups (broad SMARTS) is 1. The van der Waals surface area contributed by atoms with Gasteiger partial charge >= 0.3 is 5.97 Å². The number of aliphatic carboxylic acids is 1. The number of hydrogen-bond donors (Lipinski definition) is 1. The van der Waals surface area contributed by atoms with Crippen LogP contribution in [0.4, 0.5) is 0 Å². The second kappa shape index (κ2) is 7.94. The largest absolute Gasteiger partial charge is 0.480 e. The van der Waals surface area contributed by atoms with E-state index in [0.717, 1.165) is 6.42 Å². The van der Waals surface area contributed by atoms with Gasteiger partial charge in [-0.25, -0.2) is 0 Å². The molecule has 1 fully saturated rings. The van der Waals surface area contributed by atoms with Crippen LogP contribution >= 0.6 is 0 Å². The van der Waals surface area contributed by atoms with Crippen molar-refractivity contribution < 1.29 is 24.0 Å². The van der Waals surface area contributed by atoms with Crippen molar-refractivity contribution in [3.63, 3.8) is 0 Å². The van der Waals surface area contributed by atoms with Crippen LogP contribution in [0.5, 0.6) is 0 Å². The van der Waals surface area contributed by atoms with Crippen molar-refractivity contribution in [2.75, 3.05) is 19.6 Å². The smallest absolute Gasteiger partial charge is 0.323 e. The van der Waals surface area contributed by atoms with Gasteiger partial charge in [-0.05, 0) is 26.2 Å². The van der Waals surface area contributed by atoms with Gasteiger partial charge in [-0.3, -0.25) is 14.4 Å². The van der Waals surface area contributed by atoms with Crippen molar-refractivity contribution in [2.45, 2.75) is 45.6 Å². The van der Waals surface area contributed by atoms with Gasteiger partial charge in [0.15, 0.2) is 0 Å². The molecule has 8 heteroatoms. The van der Waals surface area contributed by atoms with Crippen LogP contribution in [0.2, 0.25) is 0 Å². The summed E-state index contributed by atoms with van der Waals surface area (Å²) < 4.78 is 4.97. The van der Waals surface area contributed by atoms with Crippen LogP contribution in [0.1, 0.15) is 37.6 Å². The van der Waals surface area contributed by atoms with Crippen molar-refractivity contribution in [3.05, 3.63) is 17.5 Å². The number of likely N-dealkylation sites (tertiary alicyclic amines) is 1. The number of carbonyl (C=O) groups is 3. The summed E-state index contributed by atoms with van der Waals surface area (Å²) in [5.41, 5.74) is 0.606. The van der Waals surface area contributed by atoms with E-state index in [9.17, 15) is 14.4 Å². The van der Waals surface area contributed by atoms with Crippen molar-refractivity contribution in [1.29, 1.82) is 0 Å². The van der Waals surface area contributed by atoms with Crippen LogP contribution in [0.25, 0.3) is 0 Å². The minimum Gasteiger partial charge on any atom is -0.480 e. The van der Waals surface area contributed by atoms with E-state index < -0.39 is 5.97 Å². The van der Waals surface area contributed by atoms with Crippen LogP contribution in [0.3, 0.4) is 0 Å². The summed E-state index contributed by atoms with van der Waals surface area (Å²) >= 11 is 0. The molecule has 1 aromatic heterocycles. The Labute approximate surface area is 140 Å². The molecule has 0 bridgehead atoms. The Morgan fingerprint density at radius 1 is 1.38 bits per heavy atom. The zero-order valence-corrected chi connectivity index (χ0v) is 14.0. The zero-order valence-electron chi connectivity index (χ0n) is 14.0. The Balaban J connectivity index is 1.94. The number of aromatic nitrogens is 1. The van der Waals surface area contributed by atoms with Crippen LogP contribution in [0, 0.1) is 6.92 Å². The zero-order chi connectivity index (χ0) is 17.7. The molecule has 2 rings (SSSR count). The Kier molecular flexibility index (Phi) is 5.94. The molecule has 2 amide bonds. The van der Waals surface area contributed by atoms with Crippen molar-refractivity contribution >= 4 is 17.8 Å². The molecule has 8 nitrogen and oxygen atoms in total. The van der Waals surface area contributed by atoms with Crippen LogP contribution < -0.4 is 0 Å². The number of carboxylic acids is 1. The first kappa shape index (κ1) is 18.0. The van der Waals surface area contributed by atoms with E-state index in [2.05, 4.69) is 5.16 Å². The Bertz CT molecular complexity index is 613. The molecule has 24 heavy (non-hydrogen) atoms. The summed E-state index contributed by atoms with van der Waals surface area (Å²) in [6.45, 7) is 3.96. The first-order valence-corrected chi connectivity index (χ1v) is 8.05. The number of aryl methyl sites for hydroxylation is 1. The fraction of sp³-hybridized carbons (Fsp3) is 0.625. The van der Waals surface area contributed by atoms with Crippen LogP contribution in [-0.4, -0.2) is 63.5 Å². The summed E-state index contributed by atoms with van der Waals surface area (Å²) in [7, 11) is 0. The molecule has 0 radical (unpaired) electrons. The SMILES string of the molecule is CC(=O)N(CC(=O)O)C1CCCN(C(=O)Cc2cc(C)on2)CC1. The van der Waals surface area contributed by atoms with Gasteiger partial charge in [0, 0.05) is 32.1 Å². The maximum absolute atomic E-state index is 12.4. The first-order chi connectivity index (χ1) is 11.4. The summed E-state index contributed by atoms with van der Waals surface area (Å²) in [5.74, 6) is -0.639. The first-order valence-electron chi connectivity index (χ1n) is 8.05. The predicted octanol–water partition coefficient (Wildman–Crippen LogP) is 0.840. The Morgan fingerprint density at radius 2 is 2.12 bits per heavy atom. The van der Waals surface area contributed by atoms with Gasteiger partial charge in [0.1, 0.15) is 12.3 Å². The molecule has 0 spiro atoms. The number of carbonyl (C=O) groups excluding carboxylic acids is 2. The highest BCUT2D eigenvalue weighted by atomic mass is 16.5. The molecule has 132 valence electrons. The Morgan fingerprint density at radius 3 is 2.71 bits per heavy atom. The van der Waals surface area contributed by atoms with Crippen molar-refractivity contribution in [1.82, 2.24) is 15.0 Å². The van der Waals surface area contributed by atoms with E-state index in [1.807, 2.05) is 0 Å². The molecular weight excluding hydrogens is 314 g/mol. The van der Waals surface area contributed by atoms with Gasteiger partial charge in [0.25, 0.3) is 0 Å². The standard InChI is InChI=1S/C16H23N3O5/c1-11-8-13(17-24-11)9-15(21)18-6-3-4-14(5-7-18)19(12(2)20)10-16(22)23/h8,14H,3-7,9-10H2,1-2H3,(H,22,23).